The van der Waals surface area contributed by atoms with Gasteiger partial charge in [0, 0.05) is 22.3 Å². The molecular weight excluding hydrogens is 187 g/mol. The Balaban J connectivity index is 3.35. The fourth-order valence-electron chi connectivity index (χ4n) is 0.372. The fraction of sp³-hybridized carbons (Fsp3) is 1.00. The standard InChI is InChI=1S/C4H14B4O2S2/c5-3(6,9)1-11-12-2-4(7,8)10/h9-10H,1-2,5-8H2. The topological polar surface area (TPSA) is 40.5 Å². The largest absolute Gasteiger partial charge is 0.407 e. The van der Waals surface area contributed by atoms with Crippen molar-refractivity contribution in [3.63, 3.8) is 0 Å². The molecule has 0 fully saturated rings. The maximum atomic E-state index is 9.35. The quantitative estimate of drug-likeness (QED) is 0.272. The average Bonchev–Trinajstić information content (AvgIpc) is 1.76. The molecule has 0 aromatic carbocycles. The van der Waals surface area contributed by atoms with Crippen LogP contribution in [0.4, 0.5) is 0 Å². The van der Waals surface area contributed by atoms with Gasteiger partial charge in [0.25, 0.3) is 0 Å². The molecule has 0 amide bonds. The van der Waals surface area contributed by atoms with Crippen molar-refractivity contribution < 1.29 is 10.2 Å². The van der Waals surface area contributed by atoms with Crippen LogP contribution in [0.2, 0.25) is 0 Å². The molecule has 0 bridgehead atoms. The lowest BCUT2D eigenvalue weighted by Gasteiger charge is -2.19. The molecule has 0 aliphatic heterocycles. The molecule has 0 radical (unpaired) electrons. The molecule has 0 unspecified atom stereocenters. The predicted octanol–water partition coefficient (Wildman–Crippen LogP) is -3.81. The van der Waals surface area contributed by atoms with Crippen molar-refractivity contribution in [2.24, 2.45) is 0 Å². The van der Waals surface area contributed by atoms with Gasteiger partial charge in [0.1, 0.15) is 31.4 Å². The normalized spacial score (nSPS) is 13.2. The summed E-state index contributed by atoms with van der Waals surface area (Å²) in [7, 11) is 10.3. The highest BCUT2D eigenvalue weighted by Crippen LogP contribution is 2.25. The van der Waals surface area contributed by atoms with Gasteiger partial charge in [-0.3, -0.25) is 0 Å². The van der Waals surface area contributed by atoms with Gasteiger partial charge in [-0.15, -0.1) is 0 Å². The number of hydrogen-bond donors (Lipinski definition) is 2. The third kappa shape index (κ3) is 10.9. The summed E-state index contributed by atoms with van der Waals surface area (Å²) in [6.45, 7) is 0. The molecule has 0 heterocycles. The lowest BCUT2D eigenvalue weighted by atomic mass is 9.67. The zero-order valence-electron chi connectivity index (χ0n) is 8.13. The molecule has 0 aliphatic carbocycles. The summed E-state index contributed by atoms with van der Waals surface area (Å²) in [5.41, 5.74) is 0. The summed E-state index contributed by atoms with van der Waals surface area (Å²) < 4.78 is 0. The Hall–Kier alpha value is 0.880. The van der Waals surface area contributed by atoms with E-state index in [1.54, 1.807) is 53.0 Å². The maximum absolute atomic E-state index is 9.35. The second-order valence-corrected chi connectivity index (χ2v) is 6.61. The zero-order chi connectivity index (χ0) is 9.83. The molecule has 0 aromatic heterocycles. The Morgan fingerprint density at radius 2 is 1.08 bits per heavy atom. The SMILES string of the molecule is BC(B)(O)CSSCC(B)(B)O. The highest BCUT2D eigenvalue weighted by Gasteiger charge is 2.16. The van der Waals surface area contributed by atoms with Crippen molar-refractivity contribution in [3.8, 4) is 0 Å². The van der Waals surface area contributed by atoms with E-state index in [1.807, 2.05) is 0 Å². The molecule has 0 saturated heterocycles. The smallest absolute Gasteiger partial charge is 0.132 e. The Morgan fingerprint density at radius 3 is 1.25 bits per heavy atom. The lowest BCUT2D eigenvalue weighted by molar-refractivity contribution is 0.238. The van der Waals surface area contributed by atoms with Gasteiger partial charge in [-0.05, 0) is 0 Å². The van der Waals surface area contributed by atoms with E-state index in [4.69, 9.17) is 0 Å². The molecule has 0 atom stereocenters. The zero-order valence-corrected chi connectivity index (χ0v) is 9.76. The van der Waals surface area contributed by atoms with E-state index in [-0.39, 0.29) is 0 Å². The van der Waals surface area contributed by atoms with E-state index < -0.39 is 10.8 Å². The van der Waals surface area contributed by atoms with E-state index in [1.165, 1.54) is 0 Å². The van der Waals surface area contributed by atoms with Crippen LogP contribution in [-0.2, 0) is 0 Å². The first-order chi connectivity index (χ1) is 5.21. The van der Waals surface area contributed by atoms with Crippen LogP contribution in [0.5, 0.6) is 0 Å². The summed E-state index contributed by atoms with van der Waals surface area (Å²) in [6, 6.07) is 0. The van der Waals surface area contributed by atoms with Crippen LogP contribution < -0.4 is 0 Å². The number of hydrogen-bond acceptors (Lipinski definition) is 4. The van der Waals surface area contributed by atoms with Crippen LogP contribution in [0.25, 0.3) is 0 Å². The van der Waals surface area contributed by atoms with E-state index in [0.29, 0.717) is 11.5 Å². The first-order valence-corrected chi connectivity index (χ1v) is 6.39. The lowest BCUT2D eigenvalue weighted by Crippen LogP contribution is -2.33. The molecule has 0 rings (SSSR count). The summed E-state index contributed by atoms with van der Waals surface area (Å²) >= 11 is 0. The van der Waals surface area contributed by atoms with Gasteiger partial charge >= 0.3 is 0 Å². The summed E-state index contributed by atoms with van der Waals surface area (Å²) in [4.78, 5) is 0. The van der Waals surface area contributed by atoms with Crippen LogP contribution in [0, 0.1) is 0 Å². The number of rotatable bonds is 5. The molecule has 0 aliphatic rings. The van der Waals surface area contributed by atoms with E-state index >= 15 is 0 Å². The Labute approximate surface area is 85.7 Å². The first kappa shape index (κ1) is 12.9. The van der Waals surface area contributed by atoms with Gasteiger partial charge in [-0.25, -0.2) is 0 Å². The molecule has 12 heavy (non-hydrogen) atoms. The van der Waals surface area contributed by atoms with E-state index in [0.717, 1.165) is 0 Å². The van der Waals surface area contributed by atoms with Crippen molar-refractivity contribution in [1.29, 1.82) is 0 Å². The van der Waals surface area contributed by atoms with Gasteiger partial charge < -0.3 is 10.2 Å². The highest BCUT2D eigenvalue weighted by atomic mass is 33.1. The average molecular weight is 202 g/mol. The molecule has 0 spiro atoms. The van der Waals surface area contributed by atoms with Crippen LogP contribution >= 0.6 is 21.6 Å². The molecule has 66 valence electrons. The molecule has 2 nitrogen and oxygen atoms in total. The summed E-state index contributed by atoms with van der Waals surface area (Å²) in [5.74, 6) is 1.38. The Kier molecular flexibility index (Phi) is 5.30. The van der Waals surface area contributed by atoms with Crippen LogP contribution in [0.15, 0.2) is 0 Å². The highest BCUT2D eigenvalue weighted by molar-refractivity contribution is 8.76. The van der Waals surface area contributed by atoms with Gasteiger partial charge in [-0.1, -0.05) is 21.6 Å². The Bertz CT molecular complexity index is 116. The monoisotopic (exact) mass is 202 g/mol. The van der Waals surface area contributed by atoms with Crippen LogP contribution in [-0.4, -0.2) is 63.9 Å². The van der Waals surface area contributed by atoms with Crippen molar-refractivity contribution >= 4 is 53.0 Å². The third-order valence-electron chi connectivity index (χ3n) is 0.908. The maximum Gasteiger partial charge on any atom is 0.132 e. The first-order valence-electron chi connectivity index (χ1n) is 3.90. The van der Waals surface area contributed by atoms with E-state index in [2.05, 4.69) is 0 Å². The van der Waals surface area contributed by atoms with Crippen molar-refractivity contribution in [2.45, 2.75) is 10.8 Å². The Morgan fingerprint density at radius 1 is 0.833 bits per heavy atom. The molecule has 0 aromatic rings. The predicted molar refractivity (Wildman–Crippen MR) is 69.0 cm³/mol. The van der Waals surface area contributed by atoms with Gasteiger partial charge in [-0.2, -0.15) is 0 Å². The summed E-state index contributed by atoms with van der Waals surface area (Å²) in [5, 5.41) is 17.5. The molecule has 2 N–H and O–H groups in total. The molecular formula is C4H14B4O2S2. The van der Waals surface area contributed by atoms with Gasteiger partial charge in [0.05, 0.1) is 0 Å². The second kappa shape index (κ2) is 4.94. The minimum absolute atomic E-state index is 0.614. The third-order valence-corrected chi connectivity index (χ3v) is 3.93. The fourth-order valence-corrected chi connectivity index (χ4v) is 3.35. The number of aliphatic hydroxyl groups is 2. The van der Waals surface area contributed by atoms with Crippen molar-refractivity contribution in [1.82, 2.24) is 0 Å². The van der Waals surface area contributed by atoms with Crippen LogP contribution in [0.3, 0.4) is 0 Å². The van der Waals surface area contributed by atoms with Crippen molar-refractivity contribution in [2.75, 3.05) is 11.5 Å². The van der Waals surface area contributed by atoms with Gasteiger partial charge in [0.2, 0.25) is 0 Å². The van der Waals surface area contributed by atoms with Crippen LogP contribution in [0.1, 0.15) is 0 Å². The molecule has 8 heteroatoms. The van der Waals surface area contributed by atoms with Crippen molar-refractivity contribution in [3.05, 3.63) is 0 Å². The minimum Gasteiger partial charge on any atom is -0.407 e. The second-order valence-electron chi connectivity index (χ2n) is 4.15. The summed E-state index contributed by atoms with van der Waals surface area (Å²) in [6.07, 6.45) is 0. The van der Waals surface area contributed by atoms with Gasteiger partial charge in [0.15, 0.2) is 0 Å². The molecule has 0 saturated carbocycles. The van der Waals surface area contributed by atoms with E-state index in [9.17, 15) is 10.2 Å². The minimum atomic E-state index is -0.614.